The van der Waals surface area contributed by atoms with E-state index in [1.54, 1.807) is 6.07 Å². The Morgan fingerprint density at radius 3 is 2.53 bits per heavy atom. The van der Waals surface area contributed by atoms with E-state index in [1.807, 2.05) is 12.1 Å². The maximum Gasteiger partial charge on any atom is 0.0600 e. The van der Waals surface area contributed by atoms with Crippen LogP contribution in [-0.4, -0.2) is 0 Å². The average Bonchev–Trinajstić information content (AvgIpc) is 2.78. The van der Waals surface area contributed by atoms with Crippen molar-refractivity contribution < 1.29 is 0 Å². The van der Waals surface area contributed by atoms with E-state index in [4.69, 9.17) is 34.8 Å². The Morgan fingerprint density at radius 2 is 1.88 bits per heavy atom. The van der Waals surface area contributed by atoms with Gasteiger partial charge in [0.2, 0.25) is 0 Å². The van der Waals surface area contributed by atoms with E-state index < -0.39 is 0 Å². The summed E-state index contributed by atoms with van der Waals surface area (Å²) in [7, 11) is 0. The number of rotatable bonds is 4. The summed E-state index contributed by atoms with van der Waals surface area (Å²) in [6, 6.07) is 5.56. The van der Waals surface area contributed by atoms with Crippen molar-refractivity contribution in [3.63, 3.8) is 0 Å². The van der Waals surface area contributed by atoms with Crippen molar-refractivity contribution in [3.8, 4) is 0 Å². The van der Waals surface area contributed by atoms with E-state index in [0.29, 0.717) is 10.0 Å². The molecule has 1 fully saturated rings. The van der Waals surface area contributed by atoms with Crippen molar-refractivity contribution in [2.75, 3.05) is 0 Å². The van der Waals surface area contributed by atoms with Crippen LogP contribution in [0, 0.1) is 5.92 Å². The highest BCUT2D eigenvalue weighted by Crippen LogP contribution is 2.36. The lowest BCUT2D eigenvalue weighted by Gasteiger charge is -2.14. The number of benzene rings is 1. The molecular formula is C14H17Cl3. The molecule has 0 radical (unpaired) electrons. The lowest BCUT2D eigenvalue weighted by Crippen LogP contribution is -1.98. The molecule has 0 aliphatic heterocycles. The molecule has 1 aliphatic rings. The van der Waals surface area contributed by atoms with Gasteiger partial charge in [-0.05, 0) is 36.5 Å². The zero-order valence-corrected chi connectivity index (χ0v) is 12.0. The lowest BCUT2D eigenvalue weighted by atomic mass is 9.98. The molecule has 1 saturated carbocycles. The summed E-state index contributed by atoms with van der Waals surface area (Å²) in [6.07, 6.45) is 7.75. The molecule has 1 aromatic carbocycles. The zero-order chi connectivity index (χ0) is 12.3. The minimum Gasteiger partial charge on any atom is -0.118 e. The third-order valence-electron chi connectivity index (χ3n) is 3.60. The highest BCUT2D eigenvalue weighted by molar-refractivity contribution is 6.35. The minimum atomic E-state index is 0.0142. The van der Waals surface area contributed by atoms with E-state index in [-0.39, 0.29) is 5.38 Å². The number of halogens is 3. The van der Waals surface area contributed by atoms with Crippen molar-refractivity contribution in [3.05, 3.63) is 33.8 Å². The SMILES string of the molecule is Clc1ccc(C(Cl)CCC2CCCC2)c(Cl)c1. The molecule has 2 rings (SSSR count). The fourth-order valence-electron chi connectivity index (χ4n) is 2.59. The Balaban J connectivity index is 1.91. The van der Waals surface area contributed by atoms with Gasteiger partial charge < -0.3 is 0 Å². The fraction of sp³-hybridized carbons (Fsp3) is 0.571. The molecule has 0 heterocycles. The molecule has 0 bridgehead atoms. The summed E-state index contributed by atoms with van der Waals surface area (Å²) >= 11 is 18.4. The molecule has 0 saturated heterocycles. The summed E-state index contributed by atoms with van der Waals surface area (Å²) in [5.74, 6) is 0.877. The summed E-state index contributed by atoms with van der Waals surface area (Å²) in [5, 5.41) is 1.36. The van der Waals surface area contributed by atoms with Gasteiger partial charge in [-0.25, -0.2) is 0 Å². The van der Waals surface area contributed by atoms with Gasteiger partial charge in [-0.15, -0.1) is 11.6 Å². The van der Waals surface area contributed by atoms with Crippen molar-refractivity contribution in [1.29, 1.82) is 0 Å². The maximum absolute atomic E-state index is 6.41. The van der Waals surface area contributed by atoms with Crippen LogP contribution in [-0.2, 0) is 0 Å². The minimum absolute atomic E-state index is 0.0142. The molecule has 17 heavy (non-hydrogen) atoms. The van der Waals surface area contributed by atoms with E-state index in [2.05, 4.69) is 0 Å². The maximum atomic E-state index is 6.41. The highest BCUT2D eigenvalue weighted by atomic mass is 35.5. The van der Waals surface area contributed by atoms with Gasteiger partial charge in [-0.1, -0.05) is 55.0 Å². The summed E-state index contributed by atoms with van der Waals surface area (Å²) in [4.78, 5) is 0. The van der Waals surface area contributed by atoms with Crippen LogP contribution in [0.2, 0.25) is 10.0 Å². The molecule has 3 heteroatoms. The molecule has 0 N–H and O–H groups in total. The van der Waals surface area contributed by atoms with Crippen LogP contribution in [0.1, 0.15) is 49.5 Å². The highest BCUT2D eigenvalue weighted by Gasteiger charge is 2.18. The first kappa shape index (κ1) is 13.5. The number of hydrogen-bond acceptors (Lipinski definition) is 0. The van der Waals surface area contributed by atoms with Crippen LogP contribution in [0.3, 0.4) is 0 Å². The van der Waals surface area contributed by atoms with Gasteiger partial charge in [-0.3, -0.25) is 0 Å². The summed E-state index contributed by atoms with van der Waals surface area (Å²) < 4.78 is 0. The Morgan fingerprint density at radius 1 is 1.18 bits per heavy atom. The first-order valence-corrected chi connectivity index (χ1v) is 7.45. The van der Waals surface area contributed by atoms with Crippen LogP contribution >= 0.6 is 34.8 Å². The molecule has 0 nitrogen and oxygen atoms in total. The molecule has 0 amide bonds. The normalized spacial score (nSPS) is 18.5. The van der Waals surface area contributed by atoms with Crippen molar-refractivity contribution in [2.45, 2.75) is 43.9 Å². The van der Waals surface area contributed by atoms with Gasteiger partial charge in [0.05, 0.1) is 5.38 Å². The summed E-state index contributed by atoms with van der Waals surface area (Å²) in [6.45, 7) is 0. The molecule has 1 unspecified atom stereocenters. The lowest BCUT2D eigenvalue weighted by molar-refractivity contribution is 0.480. The molecule has 1 aliphatic carbocycles. The third kappa shape index (κ3) is 3.77. The Labute approximate surface area is 118 Å². The van der Waals surface area contributed by atoms with Crippen LogP contribution in [0.5, 0.6) is 0 Å². The third-order valence-corrected chi connectivity index (χ3v) is 4.62. The standard InChI is InChI=1S/C14H17Cl3/c15-11-6-7-12(14(17)9-11)13(16)8-5-10-3-1-2-4-10/h6-7,9-10,13H,1-5,8H2. The molecular weight excluding hydrogens is 275 g/mol. The van der Waals surface area contributed by atoms with Gasteiger partial charge in [0, 0.05) is 10.0 Å². The summed E-state index contributed by atoms with van der Waals surface area (Å²) in [5.41, 5.74) is 1.01. The van der Waals surface area contributed by atoms with Gasteiger partial charge in [0.1, 0.15) is 0 Å². The quantitative estimate of drug-likeness (QED) is 0.576. The van der Waals surface area contributed by atoms with Gasteiger partial charge in [0.25, 0.3) is 0 Å². The fourth-order valence-corrected chi connectivity index (χ4v) is 3.50. The monoisotopic (exact) mass is 290 g/mol. The molecule has 0 spiro atoms. The Kier molecular flexibility index (Phi) is 5.02. The van der Waals surface area contributed by atoms with E-state index >= 15 is 0 Å². The van der Waals surface area contributed by atoms with E-state index in [9.17, 15) is 0 Å². The van der Waals surface area contributed by atoms with Crippen molar-refractivity contribution in [1.82, 2.24) is 0 Å². The average molecular weight is 292 g/mol. The molecule has 1 atom stereocenters. The van der Waals surface area contributed by atoms with Crippen LogP contribution in [0.15, 0.2) is 18.2 Å². The largest absolute Gasteiger partial charge is 0.118 e. The Hall–Kier alpha value is 0.0900. The van der Waals surface area contributed by atoms with Gasteiger partial charge in [0.15, 0.2) is 0 Å². The predicted molar refractivity (Wildman–Crippen MR) is 76.2 cm³/mol. The second-order valence-corrected chi connectivity index (χ2v) is 6.23. The first-order chi connectivity index (χ1) is 8.16. The topological polar surface area (TPSA) is 0 Å². The second-order valence-electron chi connectivity index (χ2n) is 4.86. The molecule has 94 valence electrons. The molecule has 0 aromatic heterocycles. The zero-order valence-electron chi connectivity index (χ0n) is 9.76. The van der Waals surface area contributed by atoms with Crippen LogP contribution < -0.4 is 0 Å². The predicted octanol–water partition coefficient (Wildman–Crippen LogP) is 6.24. The molecule has 1 aromatic rings. The van der Waals surface area contributed by atoms with Gasteiger partial charge in [-0.2, -0.15) is 0 Å². The van der Waals surface area contributed by atoms with E-state index in [0.717, 1.165) is 17.9 Å². The van der Waals surface area contributed by atoms with E-state index in [1.165, 1.54) is 32.1 Å². The van der Waals surface area contributed by atoms with Gasteiger partial charge >= 0.3 is 0 Å². The second kappa shape index (κ2) is 6.31. The number of alkyl halides is 1. The van der Waals surface area contributed by atoms with Crippen molar-refractivity contribution in [2.24, 2.45) is 5.92 Å². The van der Waals surface area contributed by atoms with Crippen LogP contribution in [0.4, 0.5) is 0 Å². The van der Waals surface area contributed by atoms with Crippen molar-refractivity contribution >= 4 is 34.8 Å². The Bertz CT molecular complexity index is 370. The smallest absolute Gasteiger partial charge is 0.0600 e. The van der Waals surface area contributed by atoms with Crippen LogP contribution in [0.25, 0.3) is 0 Å². The first-order valence-electron chi connectivity index (χ1n) is 6.26. The number of hydrogen-bond donors (Lipinski definition) is 0.